The van der Waals surface area contributed by atoms with Gasteiger partial charge in [0.1, 0.15) is 5.15 Å². The minimum atomic E-state index is -0.238. The molecule has 0 saturated carbocycles. The Morgan fingerprint density at radius 1 is 1.43 bits per heavy atom. The zero-order valence-corrected chi connectivity index (χ0v) is 14.0. The Morgan fingerprint density at radius 3 is 2.86 bits per heavy atom. The average Bonchev–Trinajstić information content (AvgIpc) is 2.41. The minimum Gasteiger partial charge on any atom is -0.380 e. The van der Waals surface area contributed by atoms with Crippen LogP contribution >= 0.6 is 27.5 Å². The molecule has 21 heavy (non-hydrogen) atoms. The van der Waals surface area contributed by atoms with E-state index in [2.05, 4.69) is 26.2 Å². The molecule has 4 nitrogen and oxygen atoms in total. The summed E-state index contributed by atoms with van der Waals surface area (Å²) in [6, 6.07) is 8.81. The van der Waals surface area contributed by atoms with Crippen LogP contribution < -0.4 is 5.32 Å². The van der Waals surface area contributed by atoms with E-state index in [-0.39, 0.29) is 5.91 Å². The van der Waals surface area contributed by atoms with Crippen LogP contribution in [0, 0.1) is 6.92 Å². The third kappa shape index (κ3) is 4.03. The molecule has 1 aromatic heterocycles. The molecule has 1 N–H and O–H groups in total. The molecule has 0 aliphatic carbocycles. The van der Waals surface area contributed by atoms with Crippen LogP contribution in [0.1, 0.15) is 21.6 Å². The number of amides is 1. The first-order valence-corrected chi connectivity index (χ1v) is 7.40. The Kier molecular flexibility index (Phi) is 5.33. The van der Waals surface area contributed by atoms with Gasteiger partial charge in [-0.25, -0.2) is 4.98 Å². The lowest BCUT2D eigenvalue weighted by atomic mass is 10.1. The van der Waals surface area contributed by atoms with E-state index in [1.807, 2.05) is 18.2 Å². The highest BCUT2D eigenvalue weighted by Gasteiger charge is 2.12. The molecule has 0 unspecified atom stereocenters. The molecule has 2 aromatic rings. The van der Waals surface area contributed by atoms with E-state index in [0.29, 0.717) is 28.7 Å². The number of aryl methyl sites for hydroxylation is 1. The zero-order valence-electron chi connectivity index (χ0n) is 11.6. The molecule has 0 aliphatic heterocycles. The quantitative estimate of drug-likeness (QED) is 0.822. The van der Waals surface area contributed by atoms with Gasteiger partial charge < -0.3 is 10.1 Å². The number of pyridine rings is 1. The van der Waals surface area contributed by atoms with Crippen molar-refractivity contribution in [2.45, 2.75) is 13.5 Å². The Morgan fingerprint density at radius 2 is 2.19 bits per heavy atom. The number of ether oxygens (including phenoxy) is 1. The van der Waals surface area contributed by atoms with Crippen molar-refractivity contribution in [3.8, 4) is 0 Å². The van der Waals surface area contributed by atoms with E-state index in [9.17, 15) is 4.79 Å². The Hall–Kier alpha value is -1.43. The molecule has 1 heterocycles. The van der Waals surface area contributed by atoms with Gasteiger partial charge in [-0.15, -0.1) is 0 Å². The number of benzene rings is 1. The maximum Gasteiger partial charge on any atom is 0.255 e. The van der Waals surface area contributed by atoms with Crippen LogP contribution in [0.4, 0.5) is 5.69 Å². The summed E-state index contributed by atoms with van der Waals surface area (Å²) in [5.41, 5.74) is 2.74. The van der Waals surface area contributed by atoms with E-state index >= 15 is 0 Å². The fourth-order valence-electron chi connectivity index (χ4n) is 1.92. The highest BCUT2D eigenvalue weighted by atomic mass is 79.9. The molecule has 0 fully saturated rings. The smallest absolute Gasteiger partial charge is 0.255 e. The summed E-state index contributed by atoms with van der Waals surface area (Å²) in [6.45, 7) is 2.19. The number of hydrogen-bond donors (Lipinski definition) is 1. The number of methoxy groups -OCH3 is 1. The van der Waals surface area contributed by atoms with Crippen LogP contribution in [0.3, 0.4) is 0 Å². The third-order valence-electron chi connectivity index (χ3n) is 2.84. The highest BCUT2D eigenvalue weighted by molar-refractivity contribution is 9.10. The number of nitrogens with one attached hydrogen (secondary N) is 1. The lowest BCUT2D eigenvalue weighted by molar-refractivity contribution is 0.102. The maximum absolute atomic E-state index is 12.3. The minimum absolute atomic E-state index is 0.238. The van der Waals surface area contributed by atoms with E-state index in [1.165, 1.54) is 6.07 Å². The lowest BCUT2D eigenvalue weighted by Crippen LogP contribution is -2.14. The van der Waals surface area contributed by atoms with Crippen LogP contribution in [-0.2, 0) is 11.3 Å². The summed E-state index contributed by atoms with van der Waals surface area (Å²) in [4.78, 5) is 16.4. The normalized spacial score (nSPS) is 10.5. The molecule has 0 radical (unpaired) electrons. The number of nitrogens with zero attached hydrogens (tertiary/aromatic N) is 1. The number of aromatic nitrogens is 1. The van der Waals surface area contributed by atoms with Crippen molar-refractivity contribution in [3.05, 3.63) is 56.8 Å². The second-order valence-corrected chi connectivity index (χ2v) is 5.71. The van der Waals surface area contributed by atoms with Gasteiger partial charge in [-0.05, 0) is 31.2 Å². The molecule has 1 amide bonds. The maximum atomic E-state index is 12.3. The molecule has 2 rings (SSSR count). The van der Waals surface area contributed by atoms with Crippen molar-refractivity contribution in [2.24, 2.45) is 0 Å². The fourth-order valence-corrected chi connectivity index (χ4v) is 2.65. The van der Waals surface area contributed by atoms with Gasteiger partial charge in [0.15, 0.2) is 0 Å². The summed E-state index contributed by atoms with van der Waals surface area (Å²) in [7, 11) is 1.61. The Balaban J connectivity index is 2.29. The second kappa shape index (κ2) is 7.02. The summed E-state index contributed by atoms with van der Waals surface area (Å²) >= 11 is 9.34. The van der Waals surface area contributed by atoms with E-state index in [0.717, 1.165) is 10.0 Å². The van der Waals surface area contributed by atoms with E-state index < -0.39 is 0 Å². The van der Waals surface area contributed by atoms with Crippen LogP contribution in [0.15, 0.2) is 34.8 Å². The third-order valence-corrected chi connectivity index (χ3v) is 3.78. The lowest BCUT2D eigenvalue weighted by Gasteiger charge is -2.12. The fraction of sp³-hybridized carbons (Fsp3) is 0.200. The second-order valence-electron chi connectivity index (χ2n) is 4.47. The van der Waals surface area contributed by atoms with Crippen molar-refractivity contribution < 1.29 is 9.53 Å². The first-order valence-electron chi connectivity index (χ1n) is 6.23. The van der Waals surface area contributed by atoms with Crippen LogP contribution in [0.5, 0.6) is 0 Å². The number of carbonyl (C=O) groups excluding carboxylic acids is 1. The number of hydrogen-bond acceptors (Lipinski definition) is 3. The Labute approximate surface area is 136 Å². The van der Waals surface area contributed by atoms with Crippen molar-refractivity contribution >= 4 is 39.1 Å². The molecule has 110 valence electrons. The van der Waals surface area contributed by atoms with Crippen LogP contribution in [0.2, 0.25) is 5.15 Å². The first kappa shape index (κ1) is 15.9. The SMILES string of the molecule is COCc1c(Br)cccc1NC(=O)c1cc(C)nc(Cl)c1. The molecule has 6 heteroatoms. The molecule has 0 atom stereocenters. The number of rotatable bonds is 4. The predicted molar refractivity (Wildman–Crippen MR) is 86.8 cm³/mol. The van der Waals surface area contributed by atoms with Gasteiger partial charge in [-0.2, -0.15) is 0 Å². The zero-order chi connectivity index (χ0) is 15.4. The molecular weight excluding hydrogens is 356 g/mol. The number of halogens is 2. The van der Waals surface area contributed by atoms with Gasteiger partial charge in [0, 0.05) is 34.1 Å². The van der Waals surface area contributed by atoms with Gasteiger partial charge in [-0.1, -0.05) is 33.6 Å². The molecule has 0 saturated heterocycles. The molecular formula is C15H14BrClN2O2. The van der Waals surface area contributed by atoms with Gasteiger partial charge in [-0.3, -0.25) is 4.79 Å². The van der Waals surface area contributed by atoms with Crippen molar-refractivity contribution in [2.75, 3.05) is 12.4 Å². The summed E-state index contributed by atoms with van der Waals surface area (Å²) in [5.74, 6) is -0.238. The number of anilines is 1. The Bertz CT molecular complexity index is 656. The van der Waals surface area contributed by atoms with Crippen molar-refractivity contribution in [3.63, 3.8) is 0 Å². The van der Waals surface area contributed by atoms with Gasteiger partial charge in [0.05, 0.1) is 6.61 Å². The summed E-state index contributed by atoms with van der Waals surface area (Å²) in [5, 5.41) is 3.17. The van der Waals surface area contributed by atoms with Gasteiger partial charge in [0.25, 0.3) is 5.91 Å². The molecule has 0 spiro atoms. The van der Waals surface area contributed by atoms with Crippen LogP contribution in [-0.4, -0.2) is 18.0 Å². The largest absolute Gasteiger partial charge is 0.380 e. The molecule has 0 aliphatic rings. The standard InChI is InChI=1S/C15H14BrClN2O2/c1-9-6-10(7-14(17)18-9)15(20)19-13-5-3-4-12(16)11(13)8-21-2/h3-7H,8H2,1-2H3,(H,19,20). The predicted octanol–water partition coefficient (Wildman–Crippen LogP) is 4.20. The first-order chi connectivity index (χ1) is 10.0. The number of carbonyl (C=O) groups is 1. The van der Waals surface area contributed by atoms with Crippen molar-refractivity contribution in [1.29, 1.82) is 0 Å². The van der Waals surface area contributed by atoms with Gasteiger partial charge in [0.2, 0.25) is 0 Å². The average molecular weight is 370 g/mol. The van der Waals surface area contributed by atoms with Gasteiger partial charge >= 0.3 is 0 Å². The topological polar surface area (TPSA) is 51.2 Å². The molecule has 0 bridgehead atoms. The summed E-state index contributed by atoms with van der Waals surface area (Å²) < 4.78 is 6.04. The highest BCUT2D eigenvalue weighted by Crippen LogP contribution is 2.26. The summed E-state index contributed by atoms with van der Waals surface area (Å²) in [6.07, 6.45) is 0. The van der Waals surface area contributed by atoms with E-state index in [4.69, 9.17) is 16.3 Å². The van der Waals surface area contributed by atoms with Crippen molar-refractivity contribution in [1.82, 2.24) is 4.98 Å². The van der Waals surface area contributed by atoms with Crippen LogP contribution in [0.25, 0.3) is 0 Å². The van der Waals surface area contributed by atoms with E-state index in [1.54, 1.807) is 20.1 Å². The molecule has 1 aromatic carbocycles. The monoisotopic (exact) mass is 368 g/mol.